The van der Waals surface area contributed by atoms with Crippen molar-refractivity contribution in [1.82, 2.24) is 9.97 Å². The predicted octanol–water partition coefficient (Wildman–Crippen LogP) is 4.05. The zero-order valence-electron chi connectivity index (χ0n) is 11.1. The lowest BCUT2D eigenvalue weighted by Crippen LogP contribution is -1.97. The van der Waals surface area contributed by atoms with E-state index in [2.05, 4.69) is 22.1 Å². The number of rotatable bonds is 3. The summed E-state index contributed by atoms with van der Waals surface area (Å²) in [6.45, 7) is 0. The van der Waals surface area contributed by atoms with Gasteiger partial charge >= 0.3 is 0 Å². The summed E-state index contributed by atoms with van der Waals surface area (Å²) >= 11 is 1.80. The first-order valence-corrected chi connectivity index (χ1v) is 7.73. The molecular weight excluding hydrogens is 266 g/mol. The van der Waals surface area contributed by atoms with E-state index in [4.69, 9.17) is 0 Å². The highest BCUT2D eigenvalue weighted by Gasteiger charge is 2.18. The van der Waals surface area contributed by atoms with Crippen molar-refractivity contribution in [3.8, 4) is 17.3 Å². The van der Waals surface area contributed by atoms with Crippen LogP contribution in [0.5, 0.6) is 0 Å². The van der Waals surface area contributed by atoms with Crippen LogP contribution in [0.15, 0.2) is 41.6 Å². The molecule has 0 aliphatic heterocycles. The second kappa shape index (κ2) is 6.06. The van der Waals surface area contributed by atoms with Crippen LogP contribution in [0.1, 0.15) is 31.4 Å². The number of pyridine rings is 2. The van der Waals surface area contributed by atoms with Crippen LogP contribution < -0.4 is 0 Å². The van der Waals surface area contributed by atoms with Gasteiger partial charge < -0.3 is 0 Å². The van der Waals surface area contributed by atoms with Crippen molar-refractivity contribution in [3.63, 3.8) is 0 Å². The zero-order chi connectivity index (χ0) is 13.8. The fraction of sp³-hybridized carbons (Fsp3) is 0.312. The van der Waals surface area contributed by atoms with Crippen molar-refractivity contribution >= 4 is 11.8 Å². The maximum Gasteiger partial charge on any atom is 0.154 e. The summed E-state index contributed by atoms with van der Waals surface area (Å²) in [5.41, 5.74) is 2.41. The van der Waals surface area contributed by atoms with Crippen LogP contribution in [0.3, 0.4) is 0 Å². The lowest BCUT2D eigenvalue weighted by molar-refractivity contribution is 0.886. The van der Waals surface area contributed by atoms with Gasteiger partial charge in [-0.05, 0) is 31.0 Å². The smallest absolute Gasteiger partial charge is 0.154 e. The minimum absolute atomic E-state index is 0.529. The molecule has 2 aromatic rings. The second-order valence-corrected chi connectivity index (χ2v) is 6.26. The molecule has 1 saturated carbocycles. The van der Waals surface area contributed by atoms with Crippen molar-refractivity contribution in [3.05, 3.63) is 42.4 Å². The standard InChI is InChI=1S/C16H15N3S/c17-10-15-16(20-13-5-1-2-6-13)9-12(11-19-15)14-7-3-4-8-18-14/h3-4,7-9,11,13H,1-2,5-6H2. The molecule has 0 unspecified atom stereocenters. The summed E-state index contributed by atoms with van der Waals surface area (Å²) in [5, 5.41) is 9.84. The number of nitriles is 1. The van der Waals surface area contributed by atoms with Crippen molar-refractivity contribution < 1.29 is 0 Å². The predicted molar refractivity (Wildman–Crippen MR) is 80.3 cm³/mol. The maximum atomic E-state index is 9.21. The van der Waals surface area contributed by atoms with Gasteiger partial charge in [0.25, 0.3) is 0 Å². The topological polar surface area (TPSA) is 49.6 Å². The van der Waals surface area contributed by atoms with Crippen LogP contribution in [-0.4, -0.2) is 15.2 Å². The first-order chi connectivity index (χ1) is 9.86. The Balaban J connectivity index is 1.92. The number of hydrogen-bond acceptors (Lipinski definition) is 4. The highest BCUT2D eigenvalue weighted by molar-refractivity contribution is 8.00. The Morgan fingerprint density at radius 2 is 2.05 bits per heavy atom. The largest absolute Gasteiger partial charge is 0.256 e. The van der Waals surface area contributed by atoms with Crippen molar-refractivity contribution in [2.24, 2.45) is 0 Å². The summed E-state index contributed by atoms with van der Waals surface area (Å²) < 4.78 is 0. The van der Waals surface area contributed by atoms with E-state index in [9.17, 15) is 5.26 Å². The molecule has 0 aromatic carbocycles. The Morgan fingerprint density at radius 3 is 2.75 bits per heavy atom. The van der Waals surface area contributed by atoms with Gasteiger partial charge in [0.2, 0.25) is 0 Å². The van der Waals surface area contributed by atoms with Crippen molar-refractivity contribution in [2.45, 2.75) is 35.8 Å². The maximum absolute atomic E-state index is 9.21. The van der Waals surface area contributed by atoms with Gasteiger partial charge in [0.05, 0.1) is 5.69 Å². The van der Waals surface area contributed by atoms with E-state index >= 15 is 0 Å². The third kappa shape index (κ3) is 2.83. The second-order valence-electron chi connectivity index (χ2n) is 4.92. The SMILES string of the molecule is N#Cc1ncc(-c2ccccn2)cc1SC1CCCC1. The van der Waals surface area contributed by atoms with Gasteiger partial charge in [0.1, 0.15) is 6.07 Å². The van der Waals surface area contributed by atoms with E-state index < -0.39 is 0 Å². The molecular formula is C16H15N3S. The molecule has 0 N–H and O–H groups in total. The van der Waals surface area contributed by atoms with Gasteiger partial charge in [0.15, 0.2) is 5.69 Å². The van der Waals surface area contributed by atoms with Gasteiger partial charge in [-0.2, -0.15) is 5.26 Å². The molecule has 1 fully saturated rings. The average molecular weight is 281 g/mol. The van der Waals surface area contributed by atoms with Gasteiger partial charge in [-0.25, -0.2) is 4.98 Å². The third-order valence-corrected chi connectivity index (χ3v) is 4.88. The number of nitrogens with zero attached hydrogens (tertiary/aromatic N) is 3. The Hall–Kier alpha value is -1.86. The fourth-order valence-electron chi connectivity index (χ4n) is 2.48. The van der Waals surface area contributed by atoms with E-state index in [0.717, 1.165) is 16.2 Å². The first kappa shape index (κ1) is 13.1. The van der Waals surface area contributed by atoms with E-state index in [0.29, 0.717) is 10.9 Å². The normalized spacial score (nSPS) is 15.2. The third-order valence-electron chi connectivity index (χ3n) is 3.52. The molecule has 0 saturated heterocycles. The van der Waals surface area contributed by atoms with E-state index in [1.807, 2.05) is 18.2 Å². The fourth-order valence-corrected chi connectivity index (χ4v) is 3.81. The summed E-state index contributed by atoms with van der Waals surface area (Å²) in [6, 6.07) is 10.1. The zero-order valence-corrected chi connectivity index (χ0v) is 11.9. The highest BCUT2D eigenvalue weighted by Crippen LogP contribution is 2.36. The Labute approximate surface area is 123 Å². The molecule has 1 aliphatic rings. The van der Waals surface area contributed by atoms with Crippen LogP contribution in [0.4, 0.5) is 0 Å². The van der Waals surface area contributed by atoms with E-state index in [1.165, 1.54) is 25.7 Å². The quantitative estimate of drug-likeness (QED) is 0.851. The van der Waals surface area contributed by atoms with Gasteiger partial charge in [0, 0.05) is 28.1 Å². The molecule has 1 aliphatic carbocycles. The number of hydrogen-bond donors (Lipinski definition) is 0. The lowest BCUT2D eigenvalue weighted by Gasteiger charge is -2.10. The average Bonchev–Trinajstić information content (AvgIpc) is 3.01. The highest BCUT2D eigenvalue weighted by atomic mass is 32.2. The summed E-state index contributed by atoms with van der Waals surface area (Å²) in [7, 11) is 0. The number of thioether (sulfide) groups is 1. The molecule has 20 heavy (non-hydrogen) atoms. The van der Waals surface area contributed by atoms with Gasteiger partial charge in [-0.3, -0.25) is 4.98 Å². The first-order valence-electron chi connectivity index (χ1n) is 6.85. The van der Waals surface area contributed by atoms with E-state index in [-0.39, 0.29) is 0 Å². The van der Waals surface area contributed by atoms with Crippen molar-refractivity contribution in [1.29, 1.82) is 5.26 Å². The monoisotopic (exact) mass is 281 g/mol. The molecule has 3 rings (SSSR count). The number of aromatic nitrogens is 2. The Kier molecular flexibility index (Phi) is 3.98. The van der Waals surface area contributed by atoms with Crippen LogP contribution in [0, 0.1) is 11.3 Å². The van der Waals surface area contributed by atoms with Crippen LogP contribution in [-0.2, 0) is 0 Å². The lowest BCUT2D eigenvalue weighted by atomic mass is 10.2. The minimum atomic E-state index is 0.529. The molecule has 100 valence electrons. The van der Waals surface area contributed by atoms with E-state index in [1.54, 1.807) is 24.2 Å². The molecule has 0 spiro atoms. The van der Waals surface area contributed by atoms with Gasteiger partial charge in [-0.15, -0.1) is 11.8 Å². The molecule has 4 heteroatoms. The molecule has 3 nitrogen and oxygen atoms in total. The van der Waals surface area contributed by atoms with Crippen LogP contribution in [0.2, 0.25) is 0 Å². The summed E-state index contributed by atoms with van der Waals surface area (Å²) in [6.07, 6.45) is 8.59. The molecule has 0 bridgehead atoms. The molecule has 2 aromatic heterocycles. The molecule has 0 atom stereocenters. The summed E-state index contributed by atoms with van der Waals surface area (Å²) in [4.78, 5) is 9.63. The molecule has 0 radical (unpaired) electrons. The molecule has 0 amide bonds. The van der Waals surface area contributed by atoms with Crippen molar-refractivity contribution in [2.75, 3.05) is 0 Å². The van der Waals surface area contributed by atoms with Crippen LogP contribution >= 0.6 is 11.8 Å². The van der Waals surface area contributed by atoms with Gasteiger partial charge in [-0.1, -0.05) is 18.9 Å². The molecule has 2 heterocycles. The van der Waals surface area contributed by atoms with Crippen LogP contribution in [0.25, 0.3) is 11.3 Å². The Bertz CT molecular complexity index is 628. The minimum Gasteiger partial charge on any atom is -0.256 e. The summed E-state index contributed by atoms with van der Waals surface area (Å²) in [5.74, 6) is 0. The Morgan fingerprint density at radius 1 is 1.20 bits per heavy atom.